The maximum absolute atomic E-state index is 13.8. The Hall–Kier alpha value is -4.03. The number of sulfonamides is 1. The molecule has 2 unspecified atom stereocenters. The molecule has 0 saturated heterocycles. The zero-order valence-corrected chi connectivity index (χ0v) is 27.8. The molecular weight excluding hydrogens is 623 g/mol. The first-order valence-electron chi connectivity index (χ1n) is 15.1. The molecule has 3 aromatic carbocycles. The van der Waals surface area contributed by atoms with Crippen LogP contribution in [-0.4, -0.2) is 56.1 Å². The highest BCUT2D eigenvalue weighted by Crippen LogP contribution is 2.33. The van der Waals surface area contributed by atoms with E-state index in [1.807, 2.05) is 86.0 Å². The Bertz CT molecular complexity index is 1610. The van der Waals surface area contributed by atoms with E-state index in [2.05, 4.69) is 10.6 Å². The van der Waals surface area contributed by atoms with Crippen LogP contribution in [0.3, 0.4) is 0 Å². The van der Waals surface area contributed by atoms with Gasteiger partial charge in [-0.1, -0.05) is 92.7 Å². The van der Waals surface area contributed by atoms with Crippen LogP contribution in [-0.2, 0) is 26.1 Å². The van der Waals surface area contributed by atoms with Crippen molar-refractivity contribution in [3.05, 3.63) is 124 Å². The van der Waals surface area contributed by atoms with Gasteiger partial charge in [-0.2, -0.15) is 4.31 Å². The number of aliphatic hydroxyl groups excluding tert-OH is 1. The molecule has 11 heteroatoms. The van der Waals surface area contributed by atoms with Gasteiger partial charge in [-0.05, 0) is 52.6 Å². The summed E-state index contributed by atoms with van der Waals surface area (Å²) < 4.78 is 33.7. The molecule has 0 spiro atoms. The van der Waals surface area contributed by atoms with E-state index >= 15 is 0 Å². The topological polar surface area (TPSA) is 125 Å². The van der Waals surface area contributed by atoms with Crippen LogP contribution in [0.25, 0.3) is 0 Å². The number of amides is 2. The molecule has 0 saturated carbocycles. The summed E-state index contributed by atoms with van der Waals surface area (Å²) in [5.41, 5.74) is 2.42. The predicted octanol–water partition coefficient (Wildman–Crippen LogP) is 5.69. The molecule has 1 heterocycles. The number of alkyl carbamates (subject to hydrolysis) is 1. The fourth-order valence-corrected chi connectivity index (χ4v) is 7.94. The molecule has 0 radical (unpaired) electrons. The highest BCUT2D eigenvalue weighted by Gasteiger charge is 2.34. The van der Waals surface area contributed by atoms with Gasteiger partial charge in [0.1, 0.15) is 6.04 Å². The zero-order chi connectivity index (χ0) is 33.1. The smallest absolute Gasteiger partial charge is 0.407 e. The van der Waals surface area contributed by atoms with Crippen LogP contribution >= 0.6 is 11.3 Å². The summed E-state index contributed by atoms with van der Waals surface area (Å²) in [6.45, 7) is 4.01. The summed E-state index contributed by atoms with van der Waals surface area (Å²) in [4.78, 5) is 27.0. The van der Waals surface area contributed by atoms with E-state index in [-0.39, 0.29) is 23.9 Å². The number of methoxy groups -OCH3 is 1. The van der Waals surface area contributed by atoms with Gasteiger partial charge >= 0.3 is 6.09 Å². The van der Waals surface area contributed by atoms with Crippen molar-refractivity contribution in [2.45, 2.75) is 49.7 Å². The van der Waals surface area contributed by atoms with Crippen molar-refractivity contribution < 1.29 is 27.9 Å². The Morgan fingerprint density at radius 1 is 0.913 bits per heavy atom. The summed E-state index contributed by atoms with van der Waals surface area (Å²) in [7, 11) is -2.65. The van der Waals surface area contributed by atoms with E-state index < -0.39 is 46.6 Å². The number of hydrogen-bond donors (Lipinski definition) is 3. The van der Waals surface area contributed by atoms with E-state index in [0.29, 0.717) is 11.3 Å². The number of ether oxygens (including phenoxy) is 1. The number of rotatable bonds is 15. The van der Waals surface area contributed by atoms with E-state index in [1.165, 1.54) is 22.8 Å². The van der Waals surface area contributed by atoms with Gasteiger partial charge in [-0.15, -0.1) is 11.3 Å². The Morgan fingerprint density at radius 2 is 1.48 bits per heavy atom. The Labute approximate surface area is 275 Å². The van der Waals surface area contributed by atoms with Crippen molar-refractivity contribution in [3.8, 4) is 0 Å². The molecule has 1 aromatic heterocycles. The lowest BCUT2D eigenvalue weighted by Gasteiger charge is -2.30. The summed E-state index contributed by atoms with van der Waals surface area (Å²) >= 11 is 1.32. The standard InChI is InChI=1S/C35H41N3O6S2/c1-25(2)19-20-38(46(42,43)29-17-11-6-12-18-29)30(23-39)31-21-26(24-45-31)22-36-34(40)33(37-35(41)44-3)32(27-13-7-4-8-14-27)28-15-9-5-10-16-28/h4-18,21,24-25,30,32-33,39H,19-20,22-23H2,1-3H3,(H,36,40)(H,37,41). The third-order valence-corrected chi connectivity index (χ3v) is 10.7. The van der Waals surface area contributed by atoms with Gasteiger partial charge in [0.25, 0.3) is 0 Å². The average molecular weight is 664 g/mol. The Morgan fingerprint density at radius 3 is 2.00 bits per heavy atom. The first-order chi connectivity index (χ1) is 22.1. The van der Waals surface area contributed by atoms with Crippen LogP contribution in [0, 0.1) is 5.92 Å². The van der Waals surface area contributed by atoms with E-state index in [0.717, 1.165) is 16.7 Å². The van der Waals surface area contributed by atoms with Gasteiger partial charge in [0.15, 0.2) is 0 Å². The van der Waals surface area contributed by atoms with Gasteiger partial charge in [-0.25, -0.2) is 13.2 Å². The second-order valence-electron chi connectivity index (χ2n) is 11.3. The van der Waals surface area contributed by atoms with Gasteiger partial charge in [0, 0.05) is 23.9 Å². The van der Waals surface area contributed by atoms with Crippen molar-refractivity contribution in [2.75, 3.05) is 20.3 Å². The minimum absolute atomic E-state index is 0.126. The molecule has 0 aliphatic heterocycles. The summed E-state index contributed by atoms with van der Waals surface area (Å²) in [5, 5.41) is 18.0. The first-order valence-corrected chi connectivity index (χ1v) is 17.4. The SMILES string of the molecule is COC(=O)NC(C(=O)NCc1csc(C(CO)N(CCC(C)C)S(=O)(=O)c2ccccc2)c1)C(c1ccccc1)c1ccccc1. The van der Waals surface area contributed by atoms with Crippen molar-refractivity contribution in [1.82, 2.24) is 14.9 Å². The monoisotopic (exact) mass is 663 g/mol. The molecule has 9 nitrogen and oxygen atoms in total. The van der Waals surface area contributed by atoms with Crippen molar-refractivity contribution in [3.63, 3.8) is 0 Å². The van der Waals surface area contributed by atoms with E-state index in [9.17, 15) is 23.1 Å². The fourth-order valence-electron chi connectivity index (χ4n) is 5.23. The molecule has 4 aromatic rings. The maximum Gasteiger partial charge on any atom is 0.407 e. The van der Waals surface area contributed by atoms with E-state index in [4.69, 9.17) is 4.74 Å². The number of aliphatic hydroxyl groups is 1. The molecule has 0 bridgehead atoms. The number of benzene rings is 3. The van der Waals surface area contributed by atoms with Gasteiger partial charge in [-0.3, -0.25) is 4.79 Å². The zero-order valence-electron chi connectivity index (χ0n) is 26.2. The van der Waals surface area contributed by atoms with Crippen molar-refractivity contribution >= 4 is 33.4 Å². The number of hydrogen-bond acceptors (Lipinski definition) is 7. The fraction of sp³-hybridized carbons (Fsp3) is 0.314. The summed E-state index contributed by atoms with van der Waals surface area (Å²) in [5.74, 6) is -0.667. The minimum Gasteiger partial charge on any atom is -0.453 e. The van der Waals surface area contributed by atoms with Gasteiger partial charge in [0.05, 0.1) is 24.7 Å². The van der Waals surface area contributed by atoms with Crippen LogP contribution in [0.2, 0.25) is 0 Å². The number of nitrogens with one attached hydrogen (secondary N) is 2. The number of carbonyl (C=O) groups excluding carboxylic acids is 2. The molecule has 0 fully saturated rings. The third-order valence-electron chi connectivity index (χ3n) is 7.66. The van der Waals surface area contributed by atoms with E-state index in [1.54, 1.807) is 30.3 Å². The highest BCUT2D eigenvalue weighted by molar-refractivity contribution is 7.89. The maximum atomic E-state index is 13.8. The van der Waals surface area contributed by atoms with Crippen molar-refractivity contribution in [2.24, 2.45) is 5.92 Å². The highest BCUT2D eigenvalue weighted by atomic mass is 32.2. The lowest BCUT2D eigenvalue weighted by atomic mass is 9.84. The van der Waals surface area contributed by atoms with Crippen LogP contribution in [0.5, 0.6) is 0 Å². The average Bonchev–Trinajstić information content (AvgIpc) is 3.55. The van der Waals surface area contributed by atoms with Crippen LogP contribution < -0.4 is 10.6 Å². The van der Waals surface area contributed by atoms with Crippen LogP contribution in [0.4, 0.5) is 4.79 Å². The molecule has 2 amide bonds. The molecule has 4 rings (SSSR count). The molecule has 3 N–H and O–H groups in total. The molecule has 0 aliphatic carbocycles. The normalized spacial score (nSPS) is 13.0. The van der Waals surface area contributed by atoms with Gasteiger partial charge in [0.2, 0.25) is 15.9 Å². The number of nitrogens with zero attached hydrogens (tertiary/aromatic N) is 1. The van der Waals surface area contributed by atoms with Gasteiger partial charge < -0.3 is 20.5 Å². The number of thiophene rings is 1. The Kier molecular flexibility index (Phi) is 12.5. The molecule has 2 atom stereocenters. The number of carbonyl (C=O) groups is 2. The quantitative estimate of drug-likeness (QED) is 0.150. The summed E-state index contributed by atoms with van der Waals surface area (Å²) in [6.07, 6.45) is -0.114. The third kappa shape index (κ3) is 8.82. The largest absolute Gasteiger partial charge is 0.453 e. The minimum atomic E-state index is -3.90. The summed E-state index contributed by atoms with van der Waals surface area (Å²) in [6, 6.07) is 27.2. The Balaban J connectivity index is 1.58. The second-order valence-corrected chi connectivity index (χ2v) is 14.1. The van der Waals surface area contributed by atoms with Crippen LogP contribution in [0.1, 0.15) is 53.8 Å². The van der Waals surface area contributed by atoms with Crippen LogP contribution in [0.15, 0.2) is 107 Å². The molecular formula is C35H41N3O6S2. The van der Waals surface area contributed by atoms with Crippen molar-refractivity contribution in [1.29, 1.82) is 0 Å². The lowest BCUT2D eigenvalue weighted by molar-refractivity contribution is -0.123. The first kappa shape index (κ1) is 34.8. The predicted molar refractivity (Wildman–Crippen MR) is 180 cm³/mol. The lowest BCUT2D eigenvalue weighted by Crippen LogP contribution is -2.50. The molecule has 244 valence electrons. The molecule has 46 heavy (non-hydrogen) atoms. The second kappa shape index (κ2) is 16.5. The molecule has 0 aliphatic rings.